The Morgan fingerprint density at radius 3 is 2.67 bits per heavy atom. The van der Waals surface area contributed by atoms with Crippen LogP contribution in [0.2, 0.25) is 0 Å². The summed E-state index contributed by atoms with van der Waals surface area (Å²) in [6.07, 6.45) is 5.44. The maximum Gasteiger partial charge on any atom is 0.336 e. The minimum Gasteiger partial charge on any atom is -0.255 e. The second kappa shape index (κ2) is 6.35. The molecule has 1 rings (SSSR count). The van der Waals surface area contributed by atoms with Gasteiger partial charge in [0.2, 0.25) is 0 Å². The summed E-state index contributed by atoms with van der Waals surface area (Å²) in [5.41, 5.74) is -0.341. The Hall–Kier alpha value is -0.130. The number of rotatable bonds is 6. The van der Waals surface area contributed by atoms with Crippen LogP contribution in [0.4, 0.5) is 0 Å². The third kappa shape index (κ3) is 5.24. The van der Waals surface area contributed by atoms with Crippen molar-refractivity contribution >= 4 is 10.3 Å². The van der Waals surface area contributed by atoms with Gasteiger partial charge >= 0.3 is 10.3 Å². The second-order valence-corrected chi connectivity index (χ2v) is 7.42. The first-order chi connectivity index (χ1) is 8.26. The zero-order valence-electron chi connectivity index (χ0n) is 12.0. The highest BCUT2D eigenvalue weighted by Gasteiger charge is 2.39. The summed E-state index contributed by atoms with van der Waals surface area (Å²) in [5.74, 6) is 0.663. The molecule has 5 heteroatoms. The van der Waals surface area contributed by atoms with E-state index in [1.807, 2.05) is 13.8 Å². The highest BCUT2D eigenvalue weighted by atomic mass is 32.2. The topological polar surface area (TPSA) is 55.4 Å². The summed E-state index contributed by atoms with van der Waals surface area (Å²) in [6.45, 7) is 8.43. The Balaban J connectivity index is 2.61. The Morgan fingerprint density at radius 2 is 2.11 bits per heavy atom. The molecule has 108 valence electrons. The van der Waals surface area contributed by atoms with Crippen molar-refractivity contribution in [1.82, 2.24) is 4.72 Å². The summed E-state index contributed by atoms with van der Waals surface area (Å²) in [4.78, 5) is 0. The molecule has 1 aliphatic heterocycles. The third-order valence-corrected chi connectivity index (χ3v) is 4.70. The van der Waals surface area contributed by atoms with Gasteiger partial charge in [-0.2, -0.15) is 13.1 Å². The van der Waals surface area contributed by atoms with Crippen molar-refractivity contribution in [1.29, 1.82) is 0 Å². The van der Waals surface area contributed by atoms with E-state index >= 15 is 0 Å². The normalized spacial score (nSPS) is 31.7. The molecule has 0 unspecified atom stereocenters. The quantitative estimate of drug-likeness (QED) is 0.812. The Labute approximate surface area is 112 Å². The summed E-state index contributed by atoms with van der Waals surface area (Å²) in [5, 5.41) is 0. The molecule has 0 aliphatic carbocycles. The van der Waals surface area contributed by atoms with Gasteiger partial charge in [0.1, 0.15) is 0 Å². The van der Waals surface area contributed by atoms with E-state index in [0.717, 1.165) is 38.5 Å². The van der Waals surface area contributed by atoms with Crippen LogP contribution in [0.15, 0.2) is 0 Å². The van der Waals surface area contributed by atoms with Crippen LogP contribution in [0.3, 0.4) is 0 Å². The Bertz CT molecular complexity index is 353. The van der Waals surface area contributed by atoms with Gasteiger partial charge in [-0.1, -0.05) is 40.0 Å². The molecule has 1 heterocycles. The molecule has 1 saturated heterocycles. The lowest BCUT2D eigenvalue weighted by atomic mass is 9.87. The smallest absolute Gasteiger partial charge is 0.255 e. The minimum atomic E-state index is -3.56. The average Bonchev–Trinajstić information content (AvgIpc) is 2.13. The molecule has 0 aromatic rings. The fourth-order valence-electron chi connectivity index (χ4n) is 2.61. The van der Waals surface area contributed by atoms with Gasteiger partial charge in [-0.15, -0.1) is 0 Å². The molecule has 0 radical (unpaired) electrons. The van der Waals surface area contributed by atoms with Gasteiger partial charge in [0.05, 0.1) is 6.10 Å². The predicted octanol–water partition coefficient (Wildman–Crippen LogP) is 2.99. The van der Waals surface area contributed by atoms with E-state index in [9.17, 15) is 8.42 Å². The molecule has 1 fully saturated rings. The second-order valence-electron chi connectivity index (χ2n) is 6.11. The maximum absolute atomic E-state index is 11.7. The summed E-state index contributed by atoms with van der Waals surface area (Å²) in [6, 6.07) is 0. The van der Waals surface area contributed by atoms with Crippen molar-refractivity contribution < 1.29 is 12.6 Å². The molecule has 0 bridgehead atoms. The van der Waals surface area contributed by atoms with Gasteiger partial charge in [-0.3, -0.25) is 4.18 Å². The van der Waals surface area contributed by atoms with E-state index in [-0.39, 0.29) is 11.6 Å². The average molecular weight is 277 g/mol. The summed E-state index contributed by atoms with van der Waals surface area (Å²) >= 11 is 0. The molecule has 0 amide bonds. The molecular formula is C13H27NO3S. The van der Waals surface area contributed by atoms with Crippen LogP contribution >= 0.6 is 0 Å². The van der Waals surface area contributed by atoms with Gasteiger partial charge in [-0.05, 0) is 32.1 Å². The van der Waals surface area contributed by atoms with E-state index in [0.29, 0.717) is 5.92 Å². The van der Waals surface area contributed by atoms with Crippen molar-refractivity contribution in [3.63, 3.8) is 0 Å². The van der Waals surface area contributed by atoms with Crippen molar-refractivity contribution in [2.75, 3.05) is 0 Å². The van der Waals surface area contributed by atoms with Gasteiger partial charge in [0.25, 0.3) is 0 Å². The molecule has 0 saturated carbocycles. The van der Waals surface area contributed by atoms with Crippen molar-refractivity contribution in [3.05, 3.63) is 0 Å². The summed E-state index contributed by atoms with van der Waals surface area (Å²) < 4.78 is 31.2. The highest BCUT2D eigenvalue weighted by molar-refractivity contribution is 7.84. The van der Waals surface area contributed by atoms with Crippen LogP contribution < -0.4 is 4.72 Å². The molecule has 2 atom stereocenters. The number of hydrogen-bond donors (Lipinski definition) is 1. The highest BCUT2D eigenvalue weighted by Crippen LogP contribution is 2.30. The zero-order valence-corrected chi connectivity index (χ0v) is 12.8. The Kier molecular flexibility index (Phi) is 5.62. The molecule has 0 aromatic heterocycles. The first kappa shape index (κ1) is 15.9. The van der Waals surface area contributed by atoms with Crippen molar-refractivity contribution in [3.8, 4) is 0 Å². The first-order valence-electron chi connectivity index (χ1n) is 6.98. The molecule has 18 heavy (non-hydrogen) atoms. The third-order valence-electron chi connectivity index (χ3n) is 3.43. The standard InChI is InChI=1S/C13H27NO3S/c1-5-7-12-10-13(4,9-6-8-11(2)3)14-18(15,16)17-12/h11-12,14H,5-10H2,1-4H3/t12-,13-/m0/s1. The van der Waals surface area contributed by atoms with E-state index < -0.39 is 10.3 Å². The van der Waals surface area contributed by atoms with Crippen LogP contribution in [0.1, 0.15) is 66.2 Å². The van der Waals surface area contributed by atoms with Crippen LogP contribution in [0.5, 0.6) is 0 Å². The lowest BCUT2D eigenvalue weighted by molar-refractivity contribution is 0.110. The molecular weight excluding hydrogens is 250 g/mol. The number of hydrogen-bond acceptors (Lipinski definition) is 3. The number of nitrogens with one attached hydrogen (secondary N) is 1. The van der Waals surface area contributed by atoms with Gasteiger partial charge < -0.3 is 0 Å². The van der Waals surface area contributed by atoms with Crippen molar-refractivity contribution in [2.45, 2.75) is 77.9 Å². The van der Waals surface area contributed by atoms with E-state index in [4.69, 9.17) is 4.18 Å². The monoisotopic (exact) mass is 277 g/mol. The fourth-order valence-corrected chi connectivity index (χ4v) is 3.97. The van der Waals surface area contributed by atoms with Crippen LogP contribution in [0.25, 0.3) is 0 Å². The zero-order chi connectivity index (χ0) is 13.8. The molecule has 1 N–H and O–H groups in total. The fraction of sp³-hybridized carbons (Fsp3) is 1.00. The molecule has 4 nitrogen and oxygen atoms in total. The van der Waals surface area contributed by atoms with E-state index in [2.05, 4.69) is 18.6 Å². The first-order valence-corrected chi connectivity index (χ1v) is 8.39. The lowest BCUT2D eigenvalue weighted by Crippen LogP contribution is -2.54. The van der Waals surface area contributed by atoms with E-state index in [1.54, 1.807) is 0 Å². The Morgan fingerprint density at radius 1 is 1.44 bits per heavy atom. The molecule has 0 aromatic carbocycles. The maximum atomic E-state index is 11.7. The van der Waals surface area contributed by atoms with Crippen LogP contribution in [0, 0.1) is 5.92 Å². The van der Waals surface area contributed by atoms with Crippen molar-refractivity contribution in [2.24, 2.45) is 5.92 Å². The largest absolute Gasteiger partial charge is 0.336 e. The lowest BCUT2D eigenvalue weighted by Gasteiger charge is -2.38. The van der Waals surface area contributed by atoms with Gasteiger partial charge in [0.15, 0.2) is 0 Å². The minimum absolute atomic E-state index is 0.162. The summed E-state index contributed by atoms with van der Waals surface area (Å²) in [7, 11) is -3.56. The molecule has 0 spiro atoms. The predicted molar refractivity (Wildman–Crippen MR) is 73.5 cm³/mol. The van der Waals surface area contributed by atoms with Gasteiger partial charge in [-0.25, -0.2) is 0 Å². The van der Waals surface area contributed by atoms with Crippen LogP contribution in [-0.4, -0.2) is 20.1 Å². The molecule has 1 aliphatic rings. The SMILES string of the molecule is CCC[C@H]1C[C@](C)(CCCC(C)C)NS(=O)(=O)O1. The van der Waals surface area contributed by atoms with Gasteiger partial charge in [0, 0.05) is 5.54 Å². The van der Waals surface area contributed by atoms with Crippen LogP contribution in [-0.2, 0) is 14.5 Å². The van der Waals surface area contributed by atoms with E-state index in [1.165, 1.54) is 0 Å².